The lowest BCUT2D eigenvalue weighted by molar-refractivity contribution is 0.366. The first-order valence-corrected chi connectivity index (χ1v) is 7.33. The van der Waals surface area contributed by atoms with E-state index in [4.69, 9.17) is 0 Å². The molecule has 2 heteroatoms. The highest BCUT2D eigenvalue weighted by molar-refractivity contribution is 7.99. The summed E-state index contributed by atoms with van der Waals surface area (Å²) in [6.45, 7) is 3.71. The second-order valence-corrected chi connectivity index (χ2v) is 6.14. The Bertz CT molecular complexity index is 166. The minimum absolute atomic E-state index is 0.821. The summed E-state index contributed by atoms with van der Waals surface area (Å²) in [6.07, 6.45) is 7.23. The number of hydrogen-bond donors (Lipinski definition) is 1. The summed E-state index contributed by atoms with van der Waals surface area (Å²) < 4.78 is 0. The van der Waals surface area contributed by atoms with Crippen molar-refractivity contribution < 1.29 is 0 Å². The van der Waals surface area contributed by atoms with E-state index in [1.54, 1.807) is 0 Å². The molecule has 1 heterocycles. The van der Waals surface area contributed by atoms with E-state index in [1.165, 1.54) is 50.2 Å². The molecule has 0 aromatic rings. The average Bonchev–Trinajstić information content (AvgIpc) is 2.63. The third kappa shape index (κ3) is 2.90. The maximum absolute atomic E-state index is 3.77. The van der Waals surface area contributed by atoms with Gasteiger partial charge in [0.1, 0.15) is 0 Å². The highest BCUT2D eigenvalue weighted by Crippen LogP contribution is 2.30. The maximum atomic E-state index is 3.77. The van der Waals surface area contributed by atoms with Crippen LogP contribution in [0.15, 0.2) is 0 Å². The van der Waals surface area contributed by atoms with Gasteiger partial charge < -0.3 is 5.32 Å². The molecule has 0 spiro atoms. The fourth-order valence-electron chi connectivity index (χ4n) is 2.75. The van der Waals surface area contributed by atoms with Gasteiger partial charge >= 0.3 is 0 Å². The van der Waals surface area contributed by atoms with Crippen LogP contribution in [0, 0.1) is 11.8 Å². The minimum atomic E-state index is 0.821. The van der Waals surface area contributed by atoms with E-state index < -0.39 is 0 Å². The Balaban J connectivity index is 1.65. The van der Waals surface area contributed by atoms with Crippen LogP contribution in [0.2, 0.25) is 0 Å². The van der Waals surface area contributed by atoms with Gasteiger partial charge in [0.2, 0.25) is 0 Å². The monoisotopic (exact) mass is 213 g/mol. The topological polar surface area (TPSA) is 12.0 Å². The molecule has 3 atom stereocenters. The Morgan fingerprint density at radius 3 is 2.79 bits per heavy atom. The van der Waals surface area contributed by atoms with Gasteiger partial charge in [0, 0.05) is 11.8 Å². The smallest absolute Gasteiger partial charge is 0.0158 e. The highest BCUT2D eigenvalue weighted by Gasteiger charge is 2.24. The van der Waals surface area contributed by atoms with Crippen molar-refractivity contribution in [2.75, 3.05) is 18.1 Å². The van der Waals surface area contributed by atoms with Gasteiger partial charge in [0.05, 0.1) is 0 Å². The molecule has 0 aromatic carbocycles. The van der Waals surface area contributed by atoms with Crippen molar-refractivity contribution in [2.24, 2.45) is 11.8 Å². The van der Waals surface area contributed by atoms with Crippen LogP contribution in [-0.4, -0.2) is 24.1 Å². The summed E-state index contributed by atoms with van der Waals surface area (Å²) in [7, 11) is 0. The Hall–Kier alpha value is 0.310. The van der Waals surface area contributed by atoms with Gasteiger partial charge in [-0.2, -0.15) is 11.8 Å². The molecular weight excluding hydrogens is 190 g/mol. The molecule has 2 fully saturated rings. The van der Waals surface area contributed by atoms with Crippen molar-refractivity contribution in [1.82, 2.24) is 5.32 Å². The summed E-state index contributed by atoms with van der Waals surface area (Å²) in [5, 5.41) is 3.77. The van der Waals surface area contributed by atoms with Crippen molar-refractivity contribution in [1.29, 1.82) is 0 Å². The summed E-state index contributed by atoms with van der Waals surface area (Å²) in [4.78, 5) is 0. The van der Waals surface area contributed by atoms with Gasteiger partial charge in [0.25, 0.3) is 0 Å². The SMILES string of the molecule is CC1CCCC1CNC1CCCSC1. The van der Waals surface area contributed by atoms with Gasteiger partial charge in [-0.25, -0.2) is 0 Å². The van der Waals surface area contributed by atoms with E-state index >= 15 is 0 Å². The molecule has 1 saturated heterocycles. The summed E-state index contributed by atoms with van der Waals surface area (Å²) in [6, 6.07) is 0.821. The lowest BCUT2D eigenvalue weighted by atomic mass is 9.98. The second-order valence-electron chi connectivity index (χ2n) is 4.99. The zero-order valence-corrected chi connectivity index (χ0v) is 10.1. The fraction of sp³-hybridized carbons (Fsp3) is 1.00. The molecule has 2 aliphatic rings. The van der Waals surface area contributed by atoms with E-state index in [9.17, 15) is 0 Å². The van der Waals surface area contributed by atoms with Crippen LogP contribution in [0.3, 0.4) is 0 Å². The molecule has 14 heavy (non-hydrogen) atoms. The van der Waals surface area contributed by atoms with E-state index in [-0.39, 0.29) is 0 Å². The van der Waals surface area contributed by atoms with Crippen molar-refractivity contribution in [3.63, 3.8) is 0 Å². The summed E-state index contributed by atoms with van der Waals surface area (Å²) in [5.74, 6) is 4.68. The first-order chi connectivity index (χ1) is 6.86. The lowest BCUT2D eigenvalue weighted by Crippen LogP contribution is -2.37. The van der Waals surface area contributed by atoms with Crippen LogP contribution >= 0.6 is 11.8 Å². The second kappa shape index (κ2) is 5.41. The largest absolute Gasteiger partial charge is 0.313 e. The first kappa shape index (κ1) is 10.8. The third-order valence-electron chi connectivity index (χ3n) is 3.87. The van der Waals surface area contributed by atoms with Crippen molar-refractivity contribution >= 4 is 11.8 Å². The van der Waals surface area contributed by atoms with Gasteiger partial charge in [-0.1, -0.05) is 19.8 Å². The minimum Gasteiger partial charge on any atom is -0.313 e. The molecule has 1 N–H and O–H groups in total. The Morgan fingerprint density at radius 1 is 1.21 bits per heavy atom. The zero-order valence-electron chi connectivity index (χ0n) is 9.30. The van der Waals surface area contributed by atoms with Crippen LogP contribution in [0.1, 0.15) is 39.0 Å². The molecule has 3 unspecified atom stereocenters. The molecule has 0 amide bonds. The number of nitrogens with one attached hydrogen (secondary N) is 1. The van der Waals surface area contributed by atoms with Crippen molar-refractivity contribution in [3.8, 4) is 0 Å². The van der Waals surface area contributed by atoms with Crippen LogP contribution in [0.25, 0.3) is 0 Å². The van der Waals surface area contributed by atoms with E-state index in [0.717, 1.165) is 17.9 Å². The van der Waals surface area contributed by atoms with Gasteiger partial charge in [-0.15, -0.1) is 0 Å². The predicted molar refractivity (Wildman–Crippen MR) is 64.9 cm³/mol. The number of rotatable bonds is 3. The van der Waals surface area contributed by atoms with Crippen LogP contribution in [-0.2, 0) is 0 Å². The van der Waals surface area contributed by atoms with Crippen molar-refractivity contribution in [2.45, 2.75) is 45.1 Å². The summed E-state index contributed by atoms with van der Waals surface area (Å²) >= 11 is 2.12. The lowest BCUT2D eigenvalue weighted by Gasteiger charge is -2.25. The Morgan fingerprint density at radius 2 is 2.14 bits per heavy atom. The molecule has 1 nitrogen and oxygen atoms in total. The van der Waals surface area contributed by atoms with Crippen LogP contribution in [0.4, 0.5) is 0 Å². The van der Waals surface area contributed by atoms with Crippen LogP contribution in [0.5, 0.6) is 0 Å². The Labute approximate surface area is 92.4 Å². The van der Waals surface area contributed by atoms with E-state index in [1.807, 2.05) is 0 Å². The normalized spacial score (nSPS) is 38.8. The number of thioether (sulfide) groups is 1. The molecule has 1 aliphatic heterocycles. The van der Waals surface area contributed by atoms with E-state index in [0.29, 0.717) is 0 Å². The summed E-state index contributed by atoms with van der Waals surface area (Å²) in [5.41, 5.74) is 0. The molecule has 0 bridgehead atoms. The van der Waals surface area contributed by atoms with Gasteiger partial charge in [-0.05, 0) is 43.4 Å². The predicted octanol–water partition coefficient (Wildman–Crippen LogP) is 2.91. The number of hydrogen-bond acceptors (Lipinski definition) is 2. The van der Waals surface area contributed by atoms with Gasteiger partial charge in [-0.3, -0.25) is 0 Å². The molecule has 1 saturated carbocycles. The standard InChI is InChI=1S/C12H23NS/c1-10-4-2-5-11(10)8-13-12-6-3-7-14-9-12/h10-13H,2-9H2,1H3. The Kier molecular flexibility index (Phi) is 4.18. The van der Waals surface area contributed by atoms with Crippen molar-refractivity contribution in [3.05, 3.63) is 0 Å². The molecule has 82 valence electrons. The molecule has 1 aliphatic carbocycles. The zero-order chi connectivity index (χ0) is 9.80. The van der Waals surface area contributed by atoms with Gasteiger partial charge in [0.15, 0.2) is 0 Å². The quantitative estimate of drug-likeness (QED) is 0.773. The average molecular weight is 213 g/mol. The fourth-order valence-corrected chi connectivity index (χ4v) is 3.85. The molecule has 0 aromatic heterocycles. The van der Waals surface area contributed by atoms with E-state index in [2.05, 4.69) is 24.0 Å². The highest BCUT2D eigenvalue weighted by atomic mass is 32.2. The molecular formula is C12H23NS. The first-order valence-electron chi connectivity index (χ1n) is 6.17. The third-order valence-corrected chi connectivity index (χ3v) is 5.08. The maximum Gasteiger partial charge on any atom is 0.0158 e. The molecule has 0 radical (unpaired) electrons. The molecule has 2 rings (SSSR count). The van der Waals surface area contributed by atoms with Crippen LogP contribution < -0.4 is 5.32 Å².